The molecule has 1 aromatic carbocycles. The summed E-state index contributed by atoms with van der Waals surface area (Å²) in [6.45, 7) is 2.76. The largest absolute Gasteiger partial charge is 0.416 e. The van der Waals surface area contributed by atoms with Crippen LogP contribution in [0.1, 0.15) is 22.5 Å². The van der Waals surface area contributed by atoms with Gasteiger partial charge < -0.3 is 0 Å². The van der Waals surface area contributed by atoms with E-state index in [0.717, 1.165) is 0 Å². The van der Waals surface area contributed by atoms with Gasteiger partial charge in [0, 0.05) is 7.05 Å². The standard InChI is InChI=1S/C14H13F6N3O2S/c1-7-12(8(2)23(3)21-7)26(24,25)22-11-5-9(13(15,16)17)4-10(6-11)14(18,19)20/h4-6,22H,1-3H3. The van der Waals surface area contributed by atoms with Crippen LogP contribution in [0.15, 0.2) is 23.1 Å². The van der Waals surface area contributed by atoms with Gasteiger partial charge in [0.05, 0.1) is 28.2 Å². The molecule has 0 saturated heterocycles. The summed E-state index contributed by atoms with van der Waals surface area (Å²) in [6.07, 6.45) is -10.2. The van der Waals surface area contributed by atoms with Gasteiger partial charge in [0.2, 0.25) is 0 Å². The van der Waals surface area contributed by atoms with Crippen molar-refractivity contribution in [2.45, 2.75) is 31.1 Å². The highest BCUT2D eigenvalue weighted by atomic mass is 32.2. The minimum Gasteiger partial charge on any atom is -0.279 e. The molecule has 0 aliphatic rings. The molecule has 0 spiro atoms. The van der Waals surface area contributed by atoms with Gasteiger partial charge in [-0.05, 0) is 32.0 Å². The molecule has 26 heavy (non-hydrogen) atoms. The SMILES string of the molecule is Cc1nn(C)c(C)c1S(=O)(=O)Nc1cc(C(F)(F)F)cc(C(F)(F)F)c1. The second-order valence-electron chi connectivity index (χ2n) is 5.52. The van der Waals surface area contributed by atoms with Gasteiger partial charge in [0.1, 0.15) is 4.90 Å². The number of benzene rings is 1. The molecule has 0 amide bonds. The molecule has 0 saturated carbocycles. The van der Waals surface area contributed by atoms with Crippen LogP contribution in [0.2, 0.25) is 0 Å². The Bertz CT molecular complexity index is 913. The van der Waals surface area contributed by atoms with Crippen molar-refractivity contribution < 1.29 is 34.8 Å². The van der Waals surface area contributed by atoms with Crippen molar-refractivity contribution in [1.82, 2.24) is 9.78 Å². The average Bonchev–Trinajstić information content (AvgIpc) is 2.69. The maximum absolute atomic E-state index is 12.9. The van der Waals surface area contributed by atoms with Crippen molar-refractivity contribution in [3.8, 4) is 0 Å². The van der Waals surface area contributed by atoms with Gasteiger partial charge in [-0.25, -0.2) is 8.42 Å². The summed E-state index contributed by atoms with van der Waals surface area (Å²) in [7, 11) is -2.99. The number of anilines is 1. The maximum Gasteiger partial charge on any atom is 0.416 e. The van der Waals surface area contributed by atoms with Gasteiger partial charge >= 0.3 is 12.4 Å². The number of hydrogen-bond acceptors (Lipinski definition) is 3. The van der Waals surface area contributed by atoms with Gasteiger partial charge in [0.25, 0.3) is 10.0 Å². The molecule has 12 heteroatoms. The summed E-state index contributed by atoms with van der Waals surface area (Å²) in [5, 5.41) is 3.87. The second-order valence-corrected chi connectivity index (χ2v) is 7.14. The third kappa shape index (κ3) is 3.94. The van der Waals surface area contributed by atoms with Crippen molar-refractivity contribution in [3.63, 3.8) is 0 Å². The van der Waals surface area contributed by atoms with Crippen molar-refractivity contribution in [2.24, 2.45) is 7.05 Å². The molecule has 1 N–H and O–H groups in total. The first-order valence-corrected chi connectivity index (χ1v) is 8.44. The highest BCUT2D eigenvalue weighted by Gasteiger charge is 2.37. The number of rotatable bonds is 3. The predicted octanol–water partition coefficient (Wildman–Crippen LogP) is 3.88. The van der Waals surface area contributed by atoms with Gasteiger partial charge in [-0.1, -0.05) is 0 Å². The average molecular weight is 401 g/mol. The predicted molar refractivity (Wildman–Crippen MR) is 79.9 cm³/mol. The quantitative estimate of drug-likeness (QED) is 0.794. The molecular formula is C14H13F6N3O2S. The molecule has 0 radical (unpaired) electrons. The molecule has 0 aliphatic carbocycles. The van der Waals surface area contributed by atoms with Crippen LogP contribution in [0.5, 0.6) is 0 Å². The number of sulfonamides is 1. The molecule has 0 aliphatic heterocycles. The second kappa shape index (κ2) is 6.18. The number of alkyl halides is 6. The number of aromatic nitrogens is 2. The molecule has 144 valence electrons. The van der Waals surface area contributed by atoms with E-state index in [2.05, 4.69) is 5.10 Å². The normalized spacial score (nSPS) is 13.1. The molecule has 0 bridgehead atoms. The van der Waals surface area contributed by atoms with E-state index in [4.69, 9.17) is 0 Å². The molecule has 0 fully saturated rings. The summed E-state index contributed by atoms with van der Waals surface area (Å²) in [5.41, 5.74) is -3.86. The first-order chi connectivity index (χ1) is 11.6. The lowest BCUT2D eigenvalue weighted by molar-refractivity contribution is -0.143. The molecule has 2 rings (SSSR count). The molecule has 2 aromatic rings. The summed E-state index contributed by atoms with van der Waals surface area (Å²) < 4.78 is 105. The van der Waals surface area contributed by atoms with E-state index in [0.29, 0.717) is 12.1 Å². The van der Waals surface area contributed by atoms with Gasteiger partial charge in [-0.3, -0.25) is 9.40 Å². The minimum atomic E-state index is -5.08. The fourth-order valence-corrected chi connectivity index (χ4v) is 3.84. The number of nitrogens with one attached hydrogen (secondary N) is 1. The first-order valence-electron chi connectivity index (χ1n) is 6.95. The first kappa shape index (κ1) is 20.1. The van der Waals surface area contributed by atoms with E-state index >= 15 is 0 Å². The van der Waals surface area contributed by atoms with Crippen molar-refractivity contribution in [3.05, 3.63) is 40.7 Å². The van der Waals surface area contributed by atoms with E-state index in [1.807, 2.05) is 0 Å². The Morgan fingerprint density at radius 2 is 1.42 bits per heavy atom. The van der Waals surface area contributed by atoms with Gasteiger partial charge in [-0.2, -0.15) is 31.4 Å². The molecule has 5 nitrogen and oxygen atoms in total. The van der Waals surface area contributed by atoms with Crippen LogP contribution in [-0.4, -0.2) is 18.2 Å². The van der Waals surface area contributed by atoms with Crippen LogP contribution in [0.25, 0.3) is 0 Å². The third-order valence-electron chi connectivity index (χ3n) is 3.55. The molecule has 1 heterocycles. The fourth-order valence-electron chi connectivity index (χ4n) is 2.36. The van der Waals surface area contributed by atoms with Crippen molar-refractivity contribution >= 4 is 15.7 Å². The van der Waals surface area contributed by atoms with E-state index in [9.17, 15) is 34.8 Å². The Balaban J connectivity index is 2.58. The van der Waals surface area contributed by atoms with Crippen LogP contribution >= 0.6 is 0 Å². The zero-order valence-corrected chi connectivity index (χ0v) is 14.4. The molecular weight excluding hydrogens is 388 g/mol. The maximum atomic E-state index is 12.9. The monoisotopic (exact) mass is 401 g/mol. The highest BCUT2D eigenvalue weighted by molar-refractivity contribution is 7.92. The summed E-state index contributed by atoms with van der Waals surface area (Å²) in [6, 6.07) is 0.514. The Labute approximate surface area is 144 Å². The molecule has 0 atom stereocenters. The van der Waals surface area contributed by atoms with Gasteiger partial charge in [-0.15, -0.1) is 0 Å². The topological polar surface area (TPSA) is 64.0 Å². The molecule has 0 unspecified atom stereocenters. The van der Waals surface area contributed by atoms with Gasteiger partial charge in [0.15, 0.2) is 0 Å². The van der Waals surface area contributed by atoms with Crippen LogP contribution in [-0.2, 0) is 29.4 Å². The Morgan fingerprint density at radius 1 is 0.962 bits per heavy atom. The number of halogens is 6. The fraction of sp³-hybridized carbons (Fsp3) is 0.357. The lowest BCUT2D eigenvalue weighted by Crippen LogP contribution is -2.17. The molecule has 1 aromatic heterocycles. The van der Waals surface area contributed by atoms with Crippen LogP contribution in [0.3, 0.4) is 0 Å². The third-order valence-corrected chi connectivity index (χ3v) is 5.18. The van der Waals surface area contributed by atoms with Crippen LogP contribution < -0.4 is 4.72 Å². The zero-order chi connectivity index (χ0) is 20.1. The van der Waals surface area contributed by atoms with Crippen LogP contribution in [0, 0.1) is 13.8 Å². The van der Waals surface area contributed by atoms with E-state index in [-0.39, 0.29) is 22.3 Å². The zero-order valence-electron chi connectivity index (χ0n) is 13.6. The minimum absolute atomic E-state index is 0.0560. The number of nitrogens with zero attached hydrogens (tertiary/aromatic N) is 2. The number of aryl methyl sites for hydroxylation is 2. The van der Waals surface area contributed by atoms with Crippen LogP contribution in [0.4, 0.5) is 32.0 Å². The Morgan fingerprint density at radius 3 is 1.77 bits per heavy atom. The summed E-state index contributed by atoms with van der Waals surface area (Å²) in [4.78, 5) is -0.314. The summed E-state index contributed by atoms with van der Waals surface area (Å²) >= 11 is 0. The lowest BCUT2D eigenvalue weighted by Gasteiger charge is -2.15. The highest BCUT2D eigenvalue weighted by Crippen LogP contribution is 2.38. The van der Waals surface area contributed by atoms with Crippen molar-refractivity contribution in [2.75, 3.05) is 4.72 Å². The Hall–Kier alpha value is -2.24. The summed E-state index contributed by atoms with van der Waals surface area (Å²) in [5.74, 6) is 0. The van der Waals surface area contributed by atoms with Crippen molar-refractivity contribution in [1.29, 1.82) is 0 Å². The lowest BCUT2D eigenvalue weighted by atomic mass is 10.1. The number of hydrogen-bond donors (Lipinski definition) is 1. The van der Waals surface area contributed by atoms with E-state index in [1.165, 1.54) is 25.6 Å². The Kier molecular flexibility index (Phi) is 4.77. The van der Waals surface area contributed by atoms with E-state index < -0.39 is 39.2 Å². The van der Waals surface area contributed by atoms with E-state index in [1.54, 1.807) is 4.72 Å². The smallest absolute Gasteiger partial charge is 0.279 e.